The number of aliphatic hydroxyl groups is 1. The van der Waals surface area contributed by atoms with E-state index in [0.717, 1.165) is 16.9 Å². The van der Waals surface area contributed by atoms with Gasteiger partial charge in [0.15, 0.2) is 8.32 Å². The lowest BCUT2D eigenvalue weighted by molar-refractivity contribution is 0.103. The van der Waals surface area contributed by atoms with Gasteiger partial charge in [-0.3, -0.25) is 0 Å². The molecule has 0 spiro atoms. The van der Waals surface area contributed by atoms with Crippen LogP contribution >= 0.6 is 0 Å². The Kier molecular flexibility index (Phi) is 7.04. The third-order valence-electron chi connectivity index (χ3n) is 5.11. The number of hydrogen-bond acceptors (Lipinski definition) is 3. The van der Waals surface area contributed by atoms with Crippen LogP contribution in [0.15, 0.2) is 54.6 Å². The molecule has 0 amide bonds. The summed E-state index contributed by atoms with van der Waals surface area (Å²) >= 11 is 0. The molecule has 2 aromatic carbocycles. The predicted molar refractivity (Wildman–Crippen MR) is 110 cm³/mol. The van der Waals surface area contributed by atoms with Crippen LogP contribution in [0.1, 0.15) is 31.9 Å². The second-order valence-corrected chi connectivity index (χ2v) is 13.1. The van der Waals surface area contributed by atoms with Gasteiger partial charge in [0, 0.05) is 0 Å². The lowest BCUT2D eigenvalue weighted by Crippen LogP contribution is -2.45. The zero-order chi connectivity index (χ0) is 19.2. The molecule has 4 heteroatoms. The Bertz CT molecular complexity index is 660. The standard InChI is InChI=1S/C22H32O3Si/c1-22(2,3)26(4,5)25-21(16-23)15-18-11-13-20(14-12-18)24-17-19-9-7-6-8-10-19/h6-14,21,23H,15-17H2,1-5H3/t21-/m0/s1. The van der Waals surface area contributed by atoms with Gasteiger partial charge in [-0.15, -0.1) is 0 Å². The van der Waals surface area contributed by atoms with Crippen molar-refractivity contribution in [3.05, 3.63) is 65.7 Å². The van der Waals surface area contributed by atoms with Gasteiger partial charge in [0.2, 0.25) is 0 Å². The molecule has 0 unspecified atom stereocenters. The van der Waals surface area contributed by atoms with Crippen molar-refractivity contribution in [3.8, 4) is 5.75 Å². The predicted octanol–water partition coefficient (Wildman–Crippen LogP) is 5.19. The molecule has 0 aliphatic carbocycles. The highest BCUT2D eigenvalue weighted by atomic mass is 28.4. The van der Waals surface area contributed by atoms with Crippen molar-refractivity contribution < 1.29 is 14.3 Å². The van der Waals surface area contributed by atoms with Crippen molar-refractivity contribution >= 4 is 8.32 Å². The first-order valence-corrected chi connectivity index (χ1v) is 12.2. The van der Waals surface area contributed by atoms with Crippen LogP contribution < -0.4 is 4.74 Å². The minimum absolute atomic E-state index is 0.0404. The highest BCUT2D eigenvalue weighted by Crippen LogP contribution is 2.37. The van der Waals surface area contributed by atoms with E-state index >= 15 is 0 Å². The van der Waals surface area contributed by atoms with Crippen LogP contribution in [0.25, 0.3) is 0 Å². The minimum atomic E-state index is -1.89. The van der Waals surface area contributed by atoms with Gasteiger partial charge in [0.1, 0.15) is 12.4 Å². The van der Waals surface area contributed by atoms with Gasteiger partial charge in [-0.1, -0.05) is 63.2 Å². The fraction of sp³-hybridized carbons (Fsp3) is 0.455. The molecule has 2 aromatic rings. The third-order valence-corrected chi connectivity index (χ3v) is 9.64. The number of aliphatic hydroxyl groups excluding tert-OH is 1. The Hall–Kier alpha value is -1.62. The molecule has 26 heavy (non-hydrogen) atoms. The Labute approximate surface area is 159 Å². The molecule has 2 rings (SSSR count). The Morgan fingerprint density at radius 3 is 2.08 bits per heavy atom. The van der Waals surface area contributed by atoms with Crippen molar-refractivity contribution in [2.45, 2.75) is 58.0 Å². The molecular weight excluding hydrogens is 340 g/mol. The van der Waals surface area contributed by atoms with Crippen LogP contribution in [0, 0.1) is 0 Å². The maximum atomic E-state index is 9.75. The smallest absolute Gasteiger partial charge is 0.192 e. The SMILES string of the molecule is CC(C)(C)[Si](C)(C)O[C@H](CO)Cc1ccc(OCc2ccccc2)cc1. The van der Waals surface area contributed by atoms with Gasteiger partial charge < -0.3 is 14.3 Å². The van der Waals surface area contributed by atoms with E-state index in [1.807, 2.05) is 30.3 Å². The van der Waals surface area contributed by atoms with Gasteiger partial charge in [0.25, 0.3) is 0 Å². The number of rotatable bonds is 8. The van der Waals surface area contributed by atoms with E-state index in [9.17, 15) is 5.11 Å². The molecular formula is C22H32O3Si. The van der Waals surface area contributed by atoms with Gasteiger partial charge in [-0.25, -0.2) is 0 Å². The molecule has 3 nitrogen and oxygen atoms in total. The molecule has 0 saturated heterocycles. The van der Waals surface area contributed by atoms with Gasteiger partial charge in [-0.2, -0.15) is 0 Å². The van der Waals surface area contributed by atoms with E-state index in [1.165, 1.54) is 0 Å². The lowest BCUT2D eigenvalue weighted by atomic mass is 10.1. The maximum Gasteiger partial charge on any atom is 0.192 e. The zero-order valence-corrected chi connectivity index (χ0v) is 17.7. The van der Waals surface area contributed by atoms with Crippen molar-refractivity contribution in [1.29, 1.82) is 0 Å². The van der Waals surface area contributed by atoms with Crippen LogP contribution in [0.3, 0.4) is 0 Å². The minimum Gasteiger partial charge on any atom is -0.489 e. The summed E-state index contributed by atoms with van der Waals surface area (Å²) in [5.41, 5.74) is 2.30. The zero-order valence-electron chi connectivity index (χ0n) is 16.7. The summed E-state index contributed by atoms with van der Waals surface area (Å²) in [5, 5.41) is 9.89. The topological polar surface area (TPSA) is 38.7 Å². The highest BCUT2D eigenvalue weighted by molar-refractivity contribution is 6.74. The second kappa shape index (κ2) is 8.85. The summed E-state index contributed by atoms with van der Waals surface area (Å²) in [6, 6.07) is 18.2. The summed E-state index contributed by atoms with van der Waals surface area (Å²) in [5.74, 6) is 0.850. The quantitative estimate of drug-likeness (QED) is 0.648. The summed E-state index contributed by atoms with van der Waals surface area (Å²) in [4.78, 5) is 0. The number of benzene rings is 2. The van der Waals surface area contributed by atoms with Crippen molar-refractivity contribution in [2.75, 3.05) is 6.61 Å². The van der Waals surface area contributed by atoms with Crippen LogP contribution in [0.2, 0.25) is 18.1 Å². The summed E-state index contributed by atoms with van der Waals surface area (Å²) in [6.07, 6.45) is 0.550. The molecule has 0 radical (unpaired) electrons. The van der Waals surface area contributed by atoms with Crippen molar-refractivity contribution in [1.82, 2.24) is 0 Å². The van der Waals surface area contributed by atoms with Crippen LogP contribution in [-0.2, 0) is 17.5 Å². The lowest BCUT2D eigenvalue weighted by Gasteiger charge is -2.39. The summed E-state index contributed by atoms with van der Waals surface area (Å²) in [7, 11) is -1.89. The molecule has 0 aliphatic rings. The summed E-state index contributed by atoms with van der Waals surface area (Å²) < 4.78 is 12.2. The Morgan fingerprint density at radius 2 is 1.54 bits per heavy atom. The molecule has 0 heterocycles. The van der Waals surface area contributed by atoms with Crippen LogP contribution in [0.5, 0.6) is 5.75 Å². The Balaban J connectivity index is 1.92. The first-order chi connectivity index (χ1) is 12.2. The first-order valence-electron chi connectivity index (χ1n) is 9.25. The number of ether oxygens (including phenoxy) is 1. The highest BCUT2D eigenvalue weighted by Gasteiger charge is 2.39. The van der Waals surface area contributed by atoms with Crippen LogP contribution in [-0.4, -0.2) is 26.1 Å². The molecule has 0 fully saturated rings. The molecule has 1 atom stereocenters. The van der Waals surface area contributed by atoms with Crippen molar-refractivity contribution in [2.24, 2.45) is 0 Å². The monoisotopic (exact) mass is 372 g/mol. The van der Waals surface area contributed by atoms with E-state index < -0.39 is 8.32 Å². The van der Waals surface area contributed by atoms with E-state index in [-0.39, 0.29) is 17.7 Å². The van der Waals surface area contributed by atoms with Gasteiger partial charge >= 0.3 is 0 Å². The van der Waals surface area contributed by atoms with Crippen LogP contribution in [0.4, 0.5) is 0 Å². The fourth-order valence-electron chi connectivity index (χ4n) is 2.46. The van der Waals surface area contributed by atoms with Gasteiger partial charge in [-0.05, 0) is 47.8 Å². The largest absolute Gasteiger partial charge is 0.489 e. The van der Waals surface area contributed by atoms with Gasteiger partial charge in [0.05, 0.1) is 12.7 Å². The van der Waals surface area contributed by atoms with E-state index in [1.54, 1.807) is 0 Å². The molecule has 0 saturated carbocycles. The average Bonchev–Trinajstić information content (AvgIpc) is 2.60. The maximum absolute atomic E-state index is 9.75. The molecule has 0 bridgehead atoms. The second-order valence-electron chi connectivity index (χ2n) is 8.31. The number of hydrogen-bond donors (Lipinski definition) is 1. The first kappa shape index (κ1) is 20.7. The molecule has 142 valence electrons. The Morgan fingerprint density at radius 1 is 0.923 bits per heavy atom. The average molecular weight is 373 g/mol. The summed E-state index contributed by atoms with van der Waals surface area (Å²) in [6.45, 7) is 11.7. The fourth-order valence-corrected chi connectivity index (χ4v) is 3.81. The van der Waals surface area contributed by atoms with E-state index in [2.05, 4.69) is 58.1 Å². The van der Waals surface area contributed by atoms with Crippen molar-refractivity contribution in [3.63, 3.8) is 0 Å². The molecule has 0 aromatic heterocycles. The normalized spacial score (nSPS) is 13.5. The molecule has 1 N–H and O–H groups in total. The third kappa shape index (κ3) is 5.97. The van der Waals surface area contributed by atoms with E-state index in [0.29, 0.717) is 13.0 Å². The molecule has 0 aliphatic heterocycles. The van der Waals surface area contributed by atoms with E-state index in [4.69, 9.17) is 9.16 Å².